The number of nitrogens with two attached hydrogens (primary N) is 3. The number of primary amides is 1. The van der Waals surface area contributed by atoms with Crippen LogP contribution in [0.1, 0.15) is 166 Å². The average molecular weight is 1440 g/mol. The fourth-order valence-electron chi connectivity index (χ4n) is 12.5. The number of H-pyrrole nitrogens is 2. The molecule has 2 aliphatic rings. The van der Waals surface area contributed by atoms with Crippen LogP contribution in [0.3, 0.4) is 0 Å². The summed E-state index contributed by atoms with van der Waals surface area (Å²) in [6.45, 7) is 4.71. The third-order valence-corrected chi connectivity index (χ3v) is 18.0. The molecule has 2 fully saturated rings. The van der Waals surface area contributed by atoms with Gasteiger partial charge in [-0.3, -0.25) is 62.5 Å². The van der Waals surface area contributed by atoms with E-state index in [1.54, 1.807) is 24.4 Å². The van der Waals surface area contributed by atoms with E-state index in [-0.39, 0.29) is 126 Å². The van der Waals surface area contributed by atoms with E-state index >= 15 is 0 Å². The van der Waals surface area contributed by atoms with Gasteiger partial charge in [-0.25, -0.2) is 4.98 Å². The van der Waals surface area contributed by atoms with Gasteiger partial charge in [-0.1, -0.05) is 102 Å². The van der Waals surface area contributed by atoms with Crippen LogP contribution >= 0.6 is 0 Å². The van der Waals surface area contributed by atoms with Gasteiger partial charge in [-0.2, -0.15) is 0 Å². The summed E-state index contributed by atoms with van der Waals surface area (Å²) in [4.78, 5) is 180. The van der Waals surface area contributed by atoms with E-state index in [2.05, 4.69) is 80.0 Å². The Morgan fingerprint density at radius 1 is 0.641 bits per heavy atom. The van der Waals surface area contributed by atoms with Crippen molar-refractivity contribution in [3.63, 3.8) is 0 Å². The van der Waals surface area contributed by atoms with E-state index in [1.165, 1.54) is 42.4 Å². The fraction of sp³-hybridized carbons (Fsp3) is 0.577. The smallest absolute Gasteiger partial charge is 0.245 e. The Hall–Kier alpha value is -10.1. The molecule has 2 aliphatic heterocycles. The number of benzene rings is 2. The molecule has 20 N–H and O–H groups in total. The van der Waals surface area contributed by atoms with Crippen LogP contribution in [0, 0.1) is 5.92 Å². The van der Waals surface area contributed by atoms with E-state index in [0.29, 0.717) is 36.1 Å². The summed E-state index contributed by atoms with van der Waals surface area (Å²) in [6, 6.07) is 1.83. The maximum absolute atomic E-state index is 14.6. The predicted octanol–water partition coefficient (Wildman–Crippen LogP) is 0.189. The molecular weight excluding hydrogens is 1330 g/mol. The van der Waals surface area contributed by atoms with Gasteiger partial charge in [0.05, 0.1) is 19.5 Å². The van der Waals surface area contributed by atoms with Gasteiger partial charge < -0.3 is 95.4 Å². The molecule has 6 rings (SSSR count). The highest BCUT2D eigenvalue weighted by Gasteiger charge is 2.40. The molecule has 564 valence electrons. The Morgan fingerprint density at radius 3 is 1.91 bits per heavy atom. The molecule has 0 bridgehead atoms. The molecule has 0 aliphatic carbocycles. The zero-order valence-corrected chi connectivity index (χ0v) is 59.3. The molecule has 0 unspecified atom stereocenters. The first-order valence-corrected chi connectivity index (χ1v) is 35.9. The summed E-state index contributed by atoms with van der Waals surface area (Å²) in [5, 5.41) is 48.6. The summed E-state index contributed by atoms with van der Waals surface area (Å²) < 4.78 is 0. The van der Waals surface area contributed by atoms with Gasteiger partial charge in [0.1, 0.15) is 60.1 Å². The zero-order chi connectivity index (χ0) is 74.8. The lowest BCUT2D eigenvalue weighted by Crippen LogP contribution is -2.60. The van der Waals surface area contributed by atoms with Crippen LogP contribution in [-0.2, 0) is 76.8 Å². The Bertz CT molecular complexity index is 3490. The average Bonchev–Trinajstić information content (AvgIpc) is 1.74. The van der Waals surface area contributed by atoms with Crippen molar-refractivity contribution in [3.8, 4) is 5.75 Å². The third kappa shape index (κ3) is 28.0. The van der Waals surface area contributed by atoms with Crippen LogP contribution < -0.4 is 70.4 Å². The van der Waals surface area contributed by atoms with Gasteiger partial charge in [0.15, 0.2) is 5.96 Å². The number of aliphatic hydroxyl groups excluding tert-OH is 1. The number of phenols is 1. The Labute approximate surface area is 599 Å². The summed E-state index contributed by atoms with van der Waals surface area (Å²) >= 11 is 0. The number of amides is 12. The molecule has 4 heterocycles. The van der Waals surface area contributed by atoms with Gasteiger partial charge in [-0.15, -0.1) is 0 Å². The number of nitrogens with one attached hydrogen (secondary N) is 12. The first kappa shape index (κ1) is 81.8. The third-order valence-electron chi connectivity index (χ3n) is 18.0. The number of guanidine groups is 1. The minimum atomic E-state index is -1.70. The first-order chi connectivity index (χ1) is 49.4. The molecular formula is C71H106N18O14. The molecule has 32 heteroatoms. The number of imidazole rings is 1. The van der Waals surface area contributed by atoms with Crippen LogP contribution in [0.25, 0.3) is 10.9 Å². The van der Waals surface area contributed by atoms with Crippen molar-refractivity contribution in [1.82, 2.24) is 73.0 Å². The zero-order valence-electron chi connectivity index (χ0n) is 59.3. The maximum Gasteiger partial charge on any atom is 0.245 e. The van der Waals surface area contributed by atoms with Gasteiger partial charge in [0, 0.05) is 80.7 Å². The quantitative estimate of drug-likeness (QED) is 0.0159. The van der Waals surface area contributed by atoms with Crippen molar-refractivity contribution in [2.24, 2.45) is 28.1 Å². The summed E-state index contributed by atoms with van der Waals surface area (Å²) in [5.41, 5.74) is 18.7. The molecule has 103 heavy (non-hydrogen) atoms. The number of aromatic hydroxyl groups is 1. The van der Waals surface area contributed by atoms with Crippen molar-refractivity contribution in [1.29, 1.82) is 0 Å². The van der Waals surface area contributed by atoms with Gasteiger partial charge in [0.2, 0.25) is 70.9 Å². The number of carbonyl (C=O) groups is 12. The number of rotatable bonds is 46. The highest BCUT2D eigenvalue weighted by atomic mass is 16.3. The number of carbonyl (C=O) groups excluding carboxylic acids is 12. The number of hydrogen-bond donors (Lipinski definition) is 17. The molecule has 0 saturated carbocycles. The van der Waals surface area contributed by atoms with Gasteiger partial charge in [0.25, 0.3) is 0 Å². The predicted molar refractivity (Wildman–Crippen MR) is 383 cm³/mol. The lowest BCUT2D eigenvalue weighted by molar-refractivity contribution is -0.142. The highest BCUT2D eigenvalue weighted by molar-refractivity contribution is 5.99. The number of aromatic amines is 2. The Morgan fingerprint density at radius 2 is 1.26 bits per heavy atom. The number of nitrogens with zero attached hydrogens (tertiary/aromatic N) is 3. The molecule has 9 atom stereocenters. The summed E-state index contributed by atoms with van der Waals surface area (Å²) in [5.74, 6) is -8.48. The number of para-hydroxylation sites is 1. The minimum absolute atomic E-state index is 0.0182. The number of aliphatic imine (C=N–C) groups is 1. The monoisotopic (exact) mass is 1430 g/mol. The van der Waals surface area contributed by atoms with Crippen molar-refractivity contribution in [2.75, 3.05) is 32.8 Å². The maximum atomic E-state index is 14.6. The first-order valence-electron chi connectivity index (χ1n) is 35.9. The second-order valence-electron chi connectivity index (χ2n) is 26.9. The summed E-state index contributed by atoms with van der Waals surface area (Å²) in [6.07, 6.45) is 15.3. The van der Waals surface area contributed by atoms with E-state index < -0.39 is 127 Å². The number of aliphatic hydroxyl groups is 1. The van der Waals surface area contributed by atoms with Gasteiger partial charge >= 0.3 is 0 Å². The Kier molecular flexibility index (Phi) is 34.1. The largest absolute Gasteiger partial charge is 0.508 e. The SMILES string of the molecule is CCCCCCCCCCCC(=O)N[C@H](CCCCNC(=O)[C@H](Cc1ccc(O)cc1)NC(=O)[C@H](CO)NC(=O)[C@H](Cc1c[nH]c2ccccc12)NC(=O)[C@H](Cc1cnc[nH]1)NC(=O)[C@@H]1CCC(=O)N1)C(=O)N[C@@H](CC(C)C)C(=O)N[C@@H](CCCN=C(N)N)C(=O)N1CCC[C@H]1C(=O)NCC(N)=O. The van der Waals surface area contributed by atoms with E-state index in [0.717, 1.165) is 49.4 Å². The van der Waals surface area contributed by atoms with Crippen LogP contribution in [0.15, 0.2) is 72.2 Å². The normalized spacial score (nSPS) is 16.2. The lowest BCUT2D eigenvalue weighted by atomic mass is 10.0. The standard InChI is InChI=1S/C71H106N18O14/c1-4-5-6-7-8-9-10-11-12-24-60(93)81-50(63(96)84-53(34-43(2)3)65(98)83-52(22-17-32-77-71(73)74)70(103)89-33-18-23-58(89)69(102)79-40-59(72)92)21-15-16-31-76-62(95)54(35-44-25-27-47(91)28-26-44)85-68(101)57(41-90)88-66(99)55(36-45-38-78-49-20-14-13-19-48(45)49)86-67(100)56(37-46-39-75-42-80-46)87-64(97)51-29-30-61(94)82-51/h13-14,19-20,25-28,38-39,42-43,50-58,78,90-91H,4-12,15-18,21-24,29-37,40-41H2,1-3H3,(H2,72,92)(H,75,80)(H,76,95)(H,79,102)(H,81,93)(H,82,94)(H,83,98)(H,84,96)(H,85,101)(H,86,100)(H,87,97)(H,88,99)(H4,73,74,77)/t50-,51+,52+,53+,54+,55+,56+,57+,58+/m1/s1. The number of likely N-dealkylation sites (tertiary alicyclic amines) is 1. The van der Waals surface area contributed by atoms with Crippen LogP contribution in [0.2, 0.25) is 0 Å². The molecule has 32 nitrogen and oxygen atoms in total. The molecule has 0 spiro atoms. The second-order valence-corrected chi connectivity index (χ2v) is 26.9. The molecule has 2 aromatic carbocycles. The Balaban J connectivity index is 1.16. The molecule has 0 radical (unpaired) electrons. The van der Waals surface area contributed by atoms with Crippen LogP contribution in [0.5, 0.6) is 5.75 Å². The highest BCUT2D eigenvalue weighted by Crippen LogP contribution is 2.23. The number of phenolic OH excluding ortho intramolecular Hbond substituents is 1. The number of aromatic nitrogens is 3. The molecule has 2 aromatic heterocycles. The number of fused-ring (bicyclic) bond motifs is 1. The summed E-state index contributed by atoms with van der Waals surface area (Å²) in [7, 11) is 0. The minimum Gasteiger partial charge on any atom is -0.508 e. The number of unbranched alkanes of at least 4 members (excludes halogenated alkanes) is 9. The van der Waals surface area contributed by atoms with Gasteiger partial charge in [-0.05, 0) is 99.5 Å². The van der Waals surface area contributed by atoms with E-state index in [4.69, 9.17) is 17.2 Å². The van der Waals surface area contributed by atoms with Crippen molar-refractivity contribution >= 4 is 87.7 Å². The second kappa shape index (κ2) is 43.0. The van der Waals surface area contributed by atoms with Crippen LogP contribution in [0.4, 0.5) is 0 Å². The lowest BCUT2D eigenvalue weighted by Gasteiger charge is -2.30. The fourth-order valence-corrected chi connectivity index (χ4v) is 12.5. The topological polar surface area (TPSA) is 504 Å². The number of hydrogen-bond acceptors (Lipinski definition) is 16. The van der Waals surface area contributed by atoms with Crippen LogP contribution in [-0.4, -0.2) is 194 Å². The van der Waals surface area contributed by atoms with Crippen molar-refractivity contribution in [3.05, 3.63) is 84.1 Å². The molecule has 4 aromatic rings. The van der Waals surface area contributed by atoms with Crippen molar-refractivity contribution in [2.45, 2.75) is 223 Å². The van der Waals surface area contributed by atoms with E-state index in [9.17, 15) is 67.7 Å². The molecule has 2 saturated heterocycles. The van der Waals surface area contributed by atoms with E-state index in [1.807, 2.05) is 32.0 Å². The van der Waals surface area contributed by atoms with Crippen molar-refractivity contribution < 1.29 is 67.7 Å². The molecule has 12 amide bonds.